The molecule has 27 heavy (non-hydrogen) atoms. The molecule has 3 aromatic rings. The molecule has 1 amide bonds. The van der Waals surface area contributed by atoms with Gasteiger partial charge in [0.1, 0.15) is 5.69 Å². The fourth-order valence-electron chi connectivity index (χ4n) is 4.95. The molecule has 2 heterocycles. The van der Waals surface area contributed by atoms with E-state index in [-0.39, 0.29) is 18.0 Å². The molecule has 1 aromatic carbocycles. The molecular formula is C22H23N3O2. The lowest BCUT2D eigenvalue weighted by atomic mass is 9.81. The smallest absolute Gasteiger partial charge is 0.252 e. The largest absolute Gasteiger partial charge is 0.463 e. The van der Waals surface area contributed by atoms with E-state index in [0.717, 1.165) is 36.6 Å². The maximum atomic E-state index is 13.2. The first-order valence-corrected chi connectivity index (χ1v) is 9.69. The van der Waals surface area contributed by atoms with Gasteiger partial charge in [0.05, 0.1) is 17.3 Å². The number of amides is 1. The summed E-state index contributed by atoms with van der Waals surface area (Å²) in [5, 5.41) is 4.20. The third-order valence-electron chi connectivity index (χ3n) is 6.17. The maximum Gasteiger partial charge on any atom is 0.252 e. The minimum atomic E-state index is -0.0289. The quantitative estimate of drug-likeness (QED) is 0.745. The van der Waals surface area contributed by atoms with Crippen LogP contribution in [-0.2, 0) is 0 Å². The lowest BCUT2D eigenvalue weighted by Crippen LogP contribution is -2.48. The van der Waals surface area contributed by atoms with Crippen molar-refractivity contribution in [3.63, 3.8) is 0 Å². The van der Waals surface area contributed by atoms with Gasteiger partial charge in [-0.25, -0.2) is 4.98 Å². The van der Waals surface area contributed by atoms with Gasteiger partial charge >= 0.3 is 0 Å². The molecule has 2 fully saturated rings. The van der Waals surface area contributed by atoms with E-state index in [4.69, 9.17) is 10.2 Å². The molecule has 2 unspecified atom stereocenters. The first-order chi connectivity index (χ1) is 13.2. The highest BCUT2D eigenvalue weighted by molar-refractivity contribution is 6.07. The number of nitrogens with two attached hydrogens (primary N) is 1. The van der Waals surface area contributed by atoms with Crippen molar-refractivity contribution in [2.75, 3.05) is 0 Å². The molecule has 138 valence electrons. The van der Waals surface area contributed by atoms with Crippen molar-refractivity contribution in [1.82, 2.24) is 10.3 Å². The Morgan fingerprint density at radius 1 is 1.11 bits per heavy atom. The zero-order chi connectivity index (χ0) is 18.4. The summed E-state index contributed by atoms with van der Waals surface area (Å²) in [5.41, 5.74) is 8.31. The lowest BCUT2D eigenvalue weighted by molar-refractivity contribution is 0.0897. The molecule has 0 aliphatic heterocycles. The molecule has 2 atom stereocenters. The van der Waals surface area contributed by atoms with Crippen molar-refractivity contribution in [3.8, 4) is 11.5 Å². The molecule has 0 radical (unpaired) electrons. The van der Waals surface area contributed by atoms with Crippen LogP contribution >= 0.6 is 0 Å². The maximum absolute atomic E-state index is 13.2. The minimum absolute atomic E-state index is 0.0289. The number of furan rings is 1. The van der Waals surface area contributed by atoms with Gasteiger partial charge in [-0.15, -0.1) is 0 Å². The Morgan fingerprint density at radius 2 is 1.89 bits per heavy atom. The molecule has 2 aromatic heterocycles. The van der Waals surface area contributed by atoms with E-state index in [1.54, 1.807) is 6.26 Å². The average Bonchev–Trinajstić information content (AvgIpc) is 3.28. The highest BCUT2D eigenvalue weighted by Gasteiger charge is 2.42. The first kappa shape index (κ1) is 16.5. The number of nitrogens with one attached hydrogen (secondary N) is 1. The highest BCUT2D eigenvalue weighted by Crippen LogP contribution is 2.42. The van der Waals surface area contributed by atoms with Crippen molar-refractivity contribution in [2.24, 2.45) is 17.6 Å². The minimum Gasteiger partial charge on any atom is -0.463 e. The number of carbonyl (C=O) groups is 1. The predicted octanol–water partition coefficient (Wildman–Crippen LogP) is 3.74. The van der Waals surface area contributed by atoms with Crippen LogP contribution in [0.15, 0.2) is 53.1 Å². The van der Waals surface area contributed by atoms with Gasteiger partial charge in [0, 0.05) is 17.5 Å². The Bertz CT molecular complexity index is 968. The molecular weight excluding hydrogens is 338 g/mol. The summed E-state index contributed by atoms with van der Waals surface area (Å²) in [6, 6.07) is 13.8. The standard InChI is InChI=1S/C22H23N3O2/c23-15-10-13-7-8-14(11-15)21(13)25-22(26)17-12-19(20-6-3-9-27-20)24-18-5-2-1-4-16(17)18/h1-6,9,12-15,21H,7-8,10-11,23H2,(H,25,26). The van der Waals surface area contributed by atoms with E-state index in [1.807, 2.05) is 42.5 Å². The summed E-state index contributed by atoms with van der Waals surface area (Å²) in [6.45, 7) is 0. The Hall–Kier alpha value is -2.66. The molecule has 3 N–H and O–H groups in total. The monoisotopic (exact) mass is 361 g/mol. The van der Waals surface area contributed by atoms with Gasteiger partial charge in [-0.1, -0.05) is 18.2 Å². The Morgan fingerprint density at radius 3 is 2.63 bits per heavy atom. The van der Waals surface area contributed by atoms with Crippen LogP contribution in [0.25, 0.3) is 22.4 Å². The third-order valence-corrected chi connectivity index (χ3v) is 6.17. The number of nitrogens with zero attached hydrogens (tertiary/aromatic N) is 1. The van der Waals surface area contributed by atoms with Gasteiger partial charge < -0.3 is 15.5 Å². The van der Waals surface area contributed by atoms with E-state index in [0.29, 0.717) is 28.9 Å². The second-order valence-electron chi connectivity index (χ2n) is 7.88. The van der Waals surface area contributed by atoms with Crippen LogP contribution in [0.3, 0.4) is 0 Å². The number of hydrogen-bond acceptors (Lipinski definition) is 4. The number of pyridine rings is 1. The van der Waals surface area contributed by atoms with Gasteiger partial charge in [0.15, 0.2) is 5.76 Å². The Labute approximate surface area is 158 Å². The summed E-state index contributed by atoms with van der Waals surface area (Å²) in [5.74, 6) is 1.64. The highest BCUT2D eigenvalue weighted by atomic mass is 16.3. The number of fused-ring (bicyclic) bond motifs is 3. The number of rotatable bonds is 3. The third kappa shape index (κ3) is 2.92. The fraction of sp³-hybridized carbons (Fsp3) is 0.364. The van der Waals surface area contributed by atoms with Crippen LogP contribution < -0.4 is 11.1 Å². The van der Waals surface area contributed by atoms with Crippen LogP contribution in [0.4, 0.5) is 0 Å². The van der Waals surface area contributed by atoms with Crippen molar-refractivity contribution >= 4 is 16.8 Å². The van der Waals surface area contributed by atoms with Crippen LogP contribution in [0.1, 0.15) is 36.0 Å². The molecule has 2 saturated carbocycles. The number of aromatic nitrogens is 1. The Kier molecular flexibility index (Phi) is 3.97. The zero-order valence-corrected chi connectivity index (χ0v) is 15.1. The predicted molar refractivity (Wildman–Crippen MR) is 104 cm³/mol. The number of benzene rings is 1. The van der Waals surface area contributed by atoms with Gasteiger partial charge in [-0.2, -0.15) is 0 Å². The van der Waals surface area contributed by atoms with Gasteiger partial charge in [-0.3, -0.25) is 4.79 Å². The van der Waals surface area contributed by atoms with E-state index < -0.39 is 0 Å². The lowest BCUT2D eigenvalue weighted by Gasteiger charge is -2.34. The number of carbonyl (C=O) groups excluding carboxylic acids is 1. The molecule has 0 spiro atoms. The van der Waals surface area contributed by atoms with Crippen molar-refractivity contribution in [2.45, 2.75) is 37.8 Å². The molecule has 2 aliphatic carbocycles. The molecule has 5 heteroatoms. The van der Waals surface area contributed by atoms with Crippen LogP contribution in [0.5, 0.6) is 0 Å². The molecule has 5 rings (SSSR count). The van der Waals surface area contributed by atoms with Crippen LogP contribution in [0, 0.1) is 11.8 Å². The van der Waals surface area contributed by atoms with Gasteiger partial charge in [0.2, 0.25) is 0 Å². The summed E-state index contributed by atoms with van der Waals surface area (Å²) in [6.07, 6.45) is 5.97. The topological polar surface area (TPSA) is 81.1 Å². The molecule has 2 bridgehead atoms. The zero-order valence-electron chi connectivity index (χ0n) is 15.1. The summed E-state index contributed by atoms with van der Waals surface area (Å²) in [4.78, 5) is 17.9. The van der Waals surface area contributed by atoms with E-state index in [1.165, 1.54) is 0 Å². The molecule has 2 aliphatic rings. The van der Waals surface area contributed by atoms with Crippen molar-refractivity contribution < 1.29 is 9.21 Å². The normalized spacial score (nSPS) is 27.0. The summed E-state index contributed by atoms with van der Waals surface area (Å²) < 4.78 is 5.50. The van der Waals surface area contributed by atoms with Gasteiger partial charge in [0.25, 0.3) is 5.91 Å². The van der Waals surface area contributed by atoms with Crippen molar-refractivity contribution in [1.29, 1.82) is 0 Å². The fourth-order valence-corrected chi connectivity index (χ4v) is 4.95. The van der Waals surface area contributed by atoms with E-state index in [2.05, 4.69) is 10.3 Å². The van der Waals surface area contributed by atoms with Crippen LogP contribution in [-0.4, -0.2) is 23.0 Å². The van der Waals surface area contributed by atoms with Crippen molar-refractivity contribution in [3.05, 3.63) is 54.3 Å². The van der Waals surface area contributed by atoms with E-state index >= 15 is 0 Å². The number of para-hydroxylation sites is 1. The second kappa shape index (κ2) is 6.50. The van der Waals surface area contributed by atoms with Crippen LogP contribution in [0.2, 0.25) is 0 Å². The van der Waals surface area contributed by atoms with Gasteiger partial charge in [-0.05, 0) is 61.8 Å². The SMILES string of the molecule is NC1CC2CCC(C1)C2NC(=O)c1cc(-c2ccco2)nc2ccccc12. The second-order valence-corrected chi connectivity index (χ2v) is 7.88. The summed E-state index contributed by atoms with van der Waals surface area (Å²) in [7, 11) is 0. The molecule has 5 nitrogen and oxygen atoms in total. The Balaban J connectivity index is 1.51. The average molecular weight is 361 g/mol. The summed E-state index contributed by atoms with van der Waals surface area (Å²) >= 11 is 0. The first-order valence-electron chi connectivity index (χ1n) is 9.69. The van der Waals surface area contributed by atoms with E-state index in [9.17, 15) is 4.79 Å². The number of hydrogen-bond donors (Lipinski definition) is 2. The molecule has 0 saturated heterocycles.